The van der Waals surface area contributed by atoms with E-state index in [1.807, 2.05) is 19.9 Å². The molecule has 0 aromatic carbocycles. The molecular weight excluding hydrogens is 308 g/mol. The number of sulfonamides is 1. The van der Waals surface area contributed by atoms with Crippen LogP contribution in [0.15, 0.2) is 16.3 Å². The third-order valence-corrected chi connectivity index (χ3v) is 6.86. The van der Waals surface area contributed by atoms with E-state index in [4.69, 9.17) is 4.74 Å². The van der Waals surface area contributed by atoms with Gasteiger partial charge in [0.05, 0.1) is 12.2 Å². The van der Waals surface area contributed by atoms with Crippen molar-refractivity contribution in [2.24, 2.45) is 0 Å². The summed E-state index contributed by atoms with van der Waals surface area (Å²) in [6, 6.07) is 3.65. The van der Waals surface area contributed by atoms with E-state index in [-0.39, 0.29) is 12.2 Å². The molecule has 1 aliphatic heterocycles. The van der Waals surface area contributed by atoms with Gasteiger partial charge in [0.1, 0.15) is 4.21 Å². The fourth-order valence-electron chi connectivity index (χ4n) is 2.47. The summed E-state index contributed by atoms with van der Waals surface area (Å²) in [5.74, 6) is 0. The first-order chi connectivity index (χ1) is 9.93. The number of hydrogen-bond acceptors (Lipinski definition) is 5. The van der Waals surface area contributed by atoms with E-state index < -0.39 is 10.0 Å². The molecule has 0 saturated carbocycles. The van der Waals surface area contributed by atoms with Crippen LogP contribution in [0.5, 0.6) is 0 Å². The maximum Gasteiger partial charge on any atom is 0.252 e. The lowest BCUT2D eigenvalue weighted by Crippen LogP contribution is -2.47. The molecule has 1 fully saturated rings. The van der Waals surface area contributed by atoms with Crippen molar-refractivity contribution in [2.75, 3.05) is 26.2 Å². The van der Waals surface area contributed by atoms with E-state index in [1.165, 1.54) is 11.3 Å². The Morgan fingerprint density at radius 2 is 2.00 bits per heavy atom. The summed E-state index contributed by atoms with van der Waals surface area (Å²) < 4.78 is 33.0. The van der Waals surface area contributed by atoms with Crippen LogP contribution in [-0.4, -0.2) is 51.1 Å². The number of nitrogens with one attached hydrogen (secondary N) is 1. The standard InChI is InChI=1S/C14H24N2O3S2/c1-4-15-8-7-13-5-6-14(20-13)21(17,18)16-9-11(2)19-12(3)10-16/h5-6,11-12,15H,4,7-10H2,1-3H3/t11-,12+. The fraction of sp³-hybridized carbons (Fsp3) is 0.714. The number of nitrogens with zero attached hydrogens (tertiary/aromatic N) is 1. The molecule has 0 spiro atoms. The Kier molecular flexibility index (Phi) is 5.79. The Balaban J connectivity index is 2.08. The van der Waals surface area contributed by atoms with Gasteiger partial charge in [-0.05, 0) is 45.5 Å². The van der Waals surface area contributed by atoms with Crippen molar-refractivity contribution in [1.29, 1.82) is 0 Å². The third-order valence-electron chi connectivity index (χ3n) is 3.42. The van der Waals surface area contributed by atoms with Gasteiger partial charge in [-0.1, -0.05) is 6.92 Å². The molecule has 120 valence electrons. The monoisotopic (exact) mass is 332 g/mol. The van der Waals surface area contributed by atoms with Gasteiger partial charge in [-0.2, -0.15) is 4.31 Å². The van der Waals surface area contributed by atoms with Crippen LogP contribution in [0.1, 0.15) is 25.6 Å². The van der Waals surface area contributed by atoms with E-state index in [2.05, 4.69) is 12.2 Å². The quantitative estimate of drug-likeness (QED) is 0.806. The molecule has 2 heterocycles. The van der Waals surface area contributed by atoms with Crippen molar-refractivity contribution in [1.82, 2.24) is 9.62 Å². The molecule has 1 aliphatic rings. The van der Waals surface area contributed by atoms with Gasteiger partial charge in [0.2, 0.25) is 0 Å². The Morgan fingerprint density at radius 1 is 1.33 bits per heavy atom. The smallest absolute Gasteiger partial charge is 0.252 e. The first-order valence-electron chi connectivity index (χ1n) is 7.38. The molecular formula is C14H24N2O3S2. The lowest BCUT2D eigenvalue weighted by Gasteiger charge is -2.34. The highest BCUT2D eigenvalue weighted by molar-refractivity contribution is 7.91. The van der Waals surface area contributed by atoms with Crippen LogP contribution < -0.4 is 5.32 Å². The molecule has 0 unspecified atom stereocenters. The number of ether oxygens (including phenoxy) is 1. The van der Waals surface area contributed by atoms with Crippen molar-refractivity contribution < 1.29 is 13.2 Å². The Morgan fingerprint density at radius 3 is 2.62 bits per heavy atom. The van der Waals surface area contributed by atoms with Crippen molar-refractivity contribution >= 4 is 21.4 Å². The van der Waals surface area contributed by atoms with Gasteiger partial charge in [-0.3, -0.25) is 0 Å². The molecule has 1 aromatic heterocycles. The normalized spacial score (nSPS) is 24.3. The Bertz CT molecular complexity index is 546. The van der Waals surface area contributed by atoms with Crippen LogP contribution in [0, 0.1) is 0 Å². The van der Waals surface area contributed by atoms with Gasteiger partial charge in [-0.15, -0.1) is 11.3 Å². The zero-order valence-corrected chi connectivity index (χ0v) is 14.5. The Hall–Kier alpha value is -0.470. The van der Waals surface area contributed by atoms with Gasteiger partial charge in [0.15, 0.2) is 0 Å². The molecule has 0 bridgehead atoms. The van der Waals surface area contributed by atoms with Gasteiger partial charge in [0, 0.05) is 18.0 Å². The van der Waals surface area contributed by atoms with Gasteiger partial charge < -0.3 is 10.1 Å². The van der Waals surface area contributed by atoms with E-state index in [0.29, 0.717) is 17.3 Å². The van der Waals surface area contributed by atoms with Crippen molar-refractivity contribution in [3.63, 3.8) is 0 Å². The highest BCUT2D eigenvalue weighted by Crippen LogP contribution is 2.27. The summed E-state index contributed by atoms with van der Waals surface area (Å²) in [4.78, 5) is 1.10. The van der Waals surface area contributed by atoms with E-state index >= 15 is 0 Å². The molecule has 2 atom stereocenters. The highest BCUT2D eigenvalue weighted by Gasteiger charge is 2.33. The SMILES string of the molecule is CCNCCc1ccc(S(=O)(=O)N2C[C@@H](C)O[C@@H](C)C2)s1. The molecule has 1 N–H and O–H groups in total. The largest absolute Gasteiger partial charge is 0.373 e. The number of thiophene rings is 1. The van der Waals surface area contributed by atoms with Crippen LogP contribution in [-0.2, 0) is 21.2 Å². The van der Waals surface area contributed by atoms with Crippen LogP contribution in [0.25, 0.3) is 0 Å². The summed E-state index contributed by atoms with van der Waals surface area (Å²) in [6.07, 6.45) is 0.748. The lowest BCUT2D eigenvalue weighted by atomic mass is 10.3. The predicted octanol–water partition coefficient (Wildman–Crippen LogP) is 1.70. The Labute approximate surface area is 131 Å². The van der Waals surface area contributed by atoms with E-state index in [0.717, 1.165) is 24.4 Å². The van der Waals surface area contributed by atoms with Crippen molar-refractivity contribution in [2.45, 2.75) is 43.6 Å². The molecule has 21 heavy (non-hydrogen) atoms. The summed E-state index contributed by atoms with van der Waals surface area (Å²) in [6.45, 7) is 8.55. The van der Waals surface area contributed by atoms with Crippen LogP contribution in [0.2, 0.25) is 0 Å². The van der Waals surface area contributed by atoms with Gasteiger partial charge >= 0.3 is 0 Å². The zero-order valence-electron chi connectivity index (χ0n) is 12.8. The van der Waals surface area contributed by atoms with E-state index in [1.54, 1.807) is 10.4 Å². The molecule has 1 saturated heterocycles. The molecule has 2 rings (SSSR count). The number of rotatable bonds is 6. The minimum absolute atomic E-state index is 0.0586. The molecule has 5 nitrogen and oxygen atoms in total. The number of hydrogen-bond donors (Lipinski definition) is 1. The number of likely N-dealkylation sites (N-methyl/N-ethyl adjacent to an activating group) is 1. The maximum atomic E-state index is 12.7. The van der Waals surface area contributed by atoms with Crippen LogP contribution in [0.3, 0.4) is 0 Å². The minimum atomic E-state index is -3.39. The summed E-state index contributed by atoms with van der Waals surface area (Å²) >= 11 is 1.38. The third kappa shape index (κ3) is 4.26. The molecule has 0 aliphatic carbocycles. The second-order valence-electron chi connectivity index (χ2n) is 5.40. The van der Waals surface area contributed by atoms with Crippen molar-refractivity contribution in [3.05, 3.63) is 17.0 Å². The van der Waals surface area contributed by atoms with E-state index in [9.17, 15) is 8.42 Å². The second-order valence-corrected chi connectivity index (χ2v) is 8.74. The summed E-state index contributed by atoms with van der Waals surface area (Å²) in [5.41, 5.74) is 0. The topological polar surface area (TPSA) is 58.6 Å². The summed E-state index contributed by atoms with van der Waals surface area (Å²) in [5, 5.41) is 3.25. The van der Waals surface area contributed by atoms with Crippen LogP contribution in [0.4, 0.5) is 0 Å². The average molecular weight is 332 g/mol. The average Bonchev–Trinajstić information content (AvgIpc) is 2.87. The number of morpholine rings is 1. The molecule has 7 heteroatoms. The molecule has 1 aromatic rings. The second kappa shape index (κ2) is 7.19. The fourth-order valence-corrected chi connectivity index (χ4v) is 5.57. The summed E-state index contributed by atoms with van der Waals surface area (Å²) in [7, 11) is -3.39. The zero-order chi connectivity index (χ0) is 15.5. The lowest BCUT2D eigenvalue weighted by molar-refractivity contribution is -0.0440. The van der Waals surface area contributed by atoms with Gasteiger partial charge in [-0.25, -0.2) is 8.42 Å². The maximum absolute atomic E-state index is 12.7. The van der Waals surface area contributed by atoms with Crippen molar-refractivity contribution in [3.8, 4) is 0 Å². The van der Waals surface area contributed by atoms with Crippen LogP contribution >= 0.6 is 11.3 Å². The first kappa shape index (κ1) is 16.9. The van der Waals surface area contributed by atoms with Gasteiger partial charge in [0.25, 0.3) is 10.0 Å². The molecule has 0 radical (unpaired) electrons. The predicted molar refractivity (Wildman–Crippen MR) is 85.3 cm³/mol. The highest BCUT2D eigenvalue weighted by atomic mass is 32.2. The minimum Gasteiger partial charge on any atom is -0.373 e. The molecule has 0 amide bonds. The first-order valence-corrected chi connectivity index (χ1v) is 9.64.